The number of carbonyl (C=O) groups excluding carboxylic acids is 5. The highest BCUT2D eigenvalue weighted by Crippen LogP contribution is 2.52. The number of aliphatic carboxylic acids is 1. The zero-order valence-corrected chi connectivity index (χ0v) is 32.3. The molecule has 4 aliphatic rings. The minimum Gasteiger partial charge on any atom is -0.480 e. The first kappa shape index (κ1) is 40.5. The predicted octanol–water partition coefficient (Wildman–Crippen LogP) is 5.98. The summed E-state index contributed by atoms with van der Waals surface area (Å²) in [5.41, 5.74) is 1.94. The molecule has 2 fully saturated rings. The smallest absolute Gasteiger partial charge is 0.326 e. The molecule has 11 nitrogen and oxygen atoms in total. The van der Waals surface area contributed by atoms with E-state index in [2.05, 4.69) is 5.32 Å². The minimum absolute atomic E-state index is 0.00573. The molecule has 11 heteroatoms. The number of hydrogen-bond acceptors (Lipinski definition) is 9. The number of para-hydroxylation sites is 1. The third-order valence-electron chi connectivity index (χ3n) is 10.8. The van der Waals surface area contributed by atoms with E-state index in [4.69, 9.17) is 9.47 Å². The van der Waals surface area contributed by atoms with Gasteiger partial charge in [-0.05, 0) is 62.0 Å². The summed E-state index contributed by atoms with van der Waals surface area (Å²) in [6, 6.07) is 15.2. The van der Waals surface area contributed by atoms with Crippen molar-refractivity contribution < 1.29 is 43.3 Å². The van der Waals surface area contributed by atoms with Gasteiger partial charge in [-0.15, -0.1) is 0 Å². The highest BCUT2D eigenvalue weighted by molar-refractivity contribution is 6.09. The molecule has 2 aromatic carbocycles. The van der Waals surface area contributed by atoms with Gasteiger partial charge in [0, 0.05) is 49.3 Å². The number of ketones is 3. The number of hydrogen-bond donors (Lipinski definition) is 2. The zero-order valence-electron chi connectivity index (χ0n) is 32.3. The van der Waals surface area contributed by atoms with Crippen LogP contribution in [0.15, 0.2) is 65.9 Å². The van der Waals surface area contributed by atoms with Crippen molar-refractivity contribution in [2.45, 2.75) is 117 Å². The van der Waals surface area contributed by atoms with Gasteiger partial charge in [-0.2, -0.15) is 0 Å². The van der Waals surface area contributed by atoms with Crippen LogP contribution >= 0.6 is 0 Å². The lowest BCUT2D eigenvalue weighted by atomic mass is 9.62. The van der Waals surface area contributed by atoms with E-state index in [1.54, 1.807) is 13.8 Å². The first-order valence-corrected chi connectivity index (χ1v) is 19.1. The lowest BCUT2D eigenvalue weighted by Crippen LogP contribution is -2.53. The fourth-order valence-corrected chi connectivity index (χ4v) is 8.33. The van der Waals surface area contributed by atoms with E-state index >= 15 is 0 Å². The number of carboxylic acid groups (broad SMARTS) is 1. The van der Waals surface area contributed by atoms with E-state index < -0.39 is 41.9 Å². The van der Waals surface area contributed by atoms with E-state index in [0.29, 0.717) is 75.0 Å². The monoisotopic (exact) mass is 742 g/mol. The van der Waals surface area contributed by atoms with Gasteiger partial charge in [0.05, 0.1) is 18.6 Å². The third-order valence-corrected chi connectivity index (χ3v) is 10.8. The molecule has 1 saturated carbocycles. The lowest BCUT2D eigenvalue weighted by molar-refractivity contribution is -0.150. The summed E-state index contributed by atoms with van der Waals surface area (Å²) < 4.78 is 11.2. The molecule has 0 aromatic heterocycles. The average molecular weight is 743 g/mol. The van der Waals surface area contributed by atoms with Crippen LogP contribution in [-0.4, -0.2) is 76.5 Å². The van der Waals surface area contributed by atoms with E-state index in [9.17, 15) is 33.9 Å². The van der Waals surface area contributed by atoms with Gasteiger partial charge in [-0.1, -0.05) is 76.2 Å². The molecule has 1 amide bonds. The summed E-state index contributed by atoms with van der Waals surface area (Å²) in [4.78, 5) is 76.9. The van der Waals surface area contributed by atoms with Gasteiger partial charge in [0.25, 0.3) is 0 Å². The number of allylic oxidation sites excluding steroid dienone is 2. The molecule has 2 aliphatic carbocycles. The molecule has 0 spiro atoms. The summed E-state index contributed by atoms with van der Waals surface area (Å²) in [5.74, 6) is -1.77. The number of fused-ring (bicyclic) bond motifs is 1. The minimum atomic E-state index is -0.987. The van der Waals surface area contributed by atoms with Crippen molar-refractivity contribution in [1.29, 1.82) is 0 Å². The SMILES string of the molecule is CC1(C)CC(=O)C(C2C3=C(CC(C)(C)CC3=O)Oc3ccccc32)C(=O)C1.CCOC(=O)[C@H](CCc1ccccc1)N[C@@H](C)C(=O)N1CCC[C@H]1C(=O)O. The summed E-state index contributed by atoms with van der Waals surface area (Å²) in [6.07, 6.45) is 4.07. The van der Waals surface area contributed by atoms with E-state index in [1.165, 1.54) is 4.90 Å². The lowest BCUT2D eigenvalue weighted by Gasteiger charge is -2.42. The Morgan fingerprint density at radius 3 is 2.19 bits per heavy atom. The number of nitrogens with zero attached hydrogens (tertiary/aromatic N) is 1. The molecule has 4 atom stereocenters. The average Bonchev–Trinajstić information content (AvgIpc) is 3.59. The second kappa shape index (κ2) is 16.8. The summed E-state index contributed by atoms with van der Waals surface area (Å²) in [6.45, 7) is 12.1. The molecule has 54 heavy (non-hydrogen) atoms. The van der Waals surface area contributed by atoms with Gasteiger partial charge < -0.3 is 19.5 Å². The largest absolute Gasteiger partial charge is 0.480 e. The number of Topliss-reactive ketones (excluding diaryl/α,β-unsaturated/α-hetero) is 3. The van der Waals surface area contributed by atoms with Crippen LogP contribution in [0, 0.1) is 16.7 Å². The highest BCUT2D eigenvalue weighted by Gasteiger charge is 2.51. The number of benzene rings is 2. The van der Waals surface area contributed by atoms with Gasteiger partial charge in [-0.3, -0.25) is 29.3 Å². The van der Waals surface area contributed by atoms with Gasteiger partial charge >= 0.3 is 11.9 Å². The topological polar surface area (TPSA) is 156 Å². The molecular formula is C43H54N2O9. The van der Waals surface area contributed by atoms with Crippen LogP contribution in [0.25, 0.3) is 0 Å². The van der Waals surface area contributed by atoms with Crippen LogP contribution in [0.5, 0.6) is 5.75 Å². The highest BCUT2D eigenvalue weighted by atomic mass is 16.5. The van der Waals surface area contributed by atoms with Crippen molar-refractivity contribution in [2.75, 3.05) is 13.2 Å². The standard InChI is InChI=1S/C23H26O4.C20H28N2O5/c1-22(2)9-14(24)20(15(25)10-22)19-13-7-5-6-8-17(13)27-18-12-23(3,4)11-16(26)21(18)19;1-3-27-20(26)16(12-11-15-8-5-4-6-9-15)21-14(2)18(23)22-13-7-10-17(22)19(24)25/h5-8,19-20H,9-12H2,1-4H3;4-6,8-9,14,16-17,21H,3,7,10-13H2,1-2H3,(H,24,25)/t;14-,16-,17-/m.0/s1. The summed E-state index contributed by atoms with van der Waals surface area (Å²) in [5, 5.41) is 12.3. The maximum Gasteiger partial charge on any atom is 0.326 e. The molecule has 290 valence electrons. The second-order valence-electron chi connectivity index (χ2n) is 16.6. The number of nitrogens with one attached hydrogen (secondary N) is 1. The van der Waals surface area contributed by atoms with E-state index in [1.807, 2.05) is 82.3 Å². The van der Waals surface area contributed by atoms with Crippen LogP contribution in [0.4, 0.5) is 0 Å². The number of carboxylic acids is 1. The van der Waals surface area contributed by atoms with Crippen LogP contribution in [-0.2, 0) is 39.9 Å². The molecule has 0 bridgehead atoms. The fourth-order valence-electron chi connectivity index (χ4n) is 8.33. The number of ether oxygens (including phenoxy) is 2. The molecular weight excluding hydrogens is 688 g/mol. The summed E-state index contributed by atoms with van der Waals surface area (Å²) in [7, 11) is 0. The number of aryl methyl sites for hydroxylation is 1. The van der Waals surface area contributed by atoms with Crippen molar-refractivity contribution in [3.05, 3.63) is 77.1 Å². The second-order valence-corrected chi connectivity index (χ2v) is 16.6. The predicted molar refractivity (Wildman–Crippen MR) is 202 cm³/mol. The Labute approximate surface area is 317 Å². The third kappa shape index (κ3) is 9.35. The molecule has 1 saturated heterocycles. The molecule has 2 heterocycles. The zero-order chi connectivity index (χ0) is 39.4. The van der Waals surface area contributed by atoms with Crippen molar-refractivity contribution in [2.24, 2.45) is 16.7 Å². The molecule has 1 unspecified atom stereocenters. The van der Waals surface area contributed by atoms with Crippen molar-refractivity contribution in [1.82, 2.24) is 10.2 Å². The van der Waals surface area contributed by atoms with Crippen LogP contribution in [0.3, 0.4) is 0 Å². The number of esters is 1. The van der Waals surface area contributed by atoms with Gasteiger partial charge in [-0.25, -0.2) is 4.79 Å². The van der Waals surface area contributed by atoms with E-state index in [0.717, 1.165) is 11.1 Å². The van der Waals surface area contributed by atoms with Crippen molar-refractivity contribution in [3.63, 3.8) is 0 Å². The fraction of sp³-hybridized carbons (Fsp3) is 0.535. The Balaban J connectivity index is 0.000000208. The number of carbonyl (C=O) groups is 6. The van der Waals surface area contributed by atoms with Crippen LogP contribution in [0.2, 0.25) is 0 Å². The van der Waals surface area contributed by atoms with Crippen molar-refractivity contribution >= 4 is 35.2 Å². The maximum absolute atomic E-state index is 13.1. The number of rotatable bonds is 10. The van der Waals surface area contributed by atoms with Gasteiger partial charge in [0.2, 0.25) is 5.91 Å². The number of amides is 1. The van der Waals surface area contributed by atoms with Crippen LogP contribution < -0.4 is 10.1 Å². The Kier molecular flexibility index (Phi) is 12.6. The Bertz CT molecular complexity index is 1780. The maximum atomic E-state index is 13.1. The Morgan fingerprint density at radius 2 is 1.54 bits per heavy atom. The molecule has 6 rings (SSSR count). The molecule has 2 aromatic rings. The molecule has 2 aliphatic heterocycles. The van der Waals surface area contributed by atoms with Gasteiger partial charge in [0.1, 0.15) is 35.2 Å². The van der Waals surface area contributed by atoms with Gasteiger partial charge in [0.15, 0.2) is 5.78 Å². The van der Waals surface area contributed by atoms with Crippen LogP contribution in [0.1, 0.15) is 104 Å². The number of likely N-dealkylation sites (tertiary alicyclic amines) is 1. The van der Waals surface area contributed by atoms with E-state index in [-0.39, 0.29) is 40.7 Å². The first-order valence-electron chi connectivity index (χ1n) is 19.1. The molecule has 2 N–H and O–H groups in total. The first-order chi connectivity index (χ1) is 25.5. The normalized spacial score (nSPS) is 22.9. The van der Waals surface area contributed by atoms with Crippen molar-refractivity contribution in [3.8, 4) is 5.75 Å². The Morgan fingerprint density at radius 1 is 0.907 bits per heavy atom. The molecule has 0 radical (unpaired) electrons. The quantitative estimate of drug-likeness (QED) is 0.219. The Hall–Kier alpha value is -4.64. The summed E-state index contributed by atoms with van der Waals surface area (Å²) >= 11 is 0.